The van der Waals surface area contributed by atoms with Crippen LogP contribution in [0.15, 0.2) is 75.7 Å². The third-order valence-electron chi connectivity index (χ3n) is 7.50. The van der Waals surface area contributed by atoms with E-state index in [4.69, 9.17) is 23.7 Å². The van der Waals surface area contributed by atoms with E-state index in [2.05, 4.69) is 81.4 Å². The van der Waals surface area contributed by atoms with Crippen molar-refractivity contribution in [2.24, 2.45) is 4.99 Å². The van der Waals surface area contributed by atoms with Crippen LogP contribution in [-0.4, -0.2) is 43.4 Å². The number of rotatable bonds is 12. The summed E-state index contributed by atoms with van der Waals surface area (Å²) in [7, 11) is 1.28. The molecule has 0 saturated heterocycles. The molecule has 1 aliphatic heterocycles. The fourth-order valence-electron chi connectivity index (χ4n) is 5.18. The van der Waals surface area contributed by atoms with Crippen molar-refractivity contribution in [1.29, 1.82) is 0 Å². The maximum atomic E-state index is 14.2. The minimum Gasteiger partial charge on any atom is -0.490 e. The number of nitrogens with zero attached hydrogens (tertiary/aromatic N) is 2. The highest BCUT2D eigenvalue weighted by Crippen LogP contribution is 2.36. The number of carbonyl (C=O) groups is 2. The minimum atomic E-state index is -0.857. The Morgan fingerprint density at radius 1 is 0.939 bits per heavy atom. The minimum absolute atomic E-state index is 0.152. The number of esters is 2. The molecule has 3 aromatic carbocycles. The van der Waals surface area contributed by atoms with Crippen molar-refractivity contribution >= 4 is 74.5 Å². The number of aryl methyl sites for hydroxylation is 1. The van der Waals surface area contributed by atoms with Crippen molar-refractivity contribution in [3.8, 4) is 17.2 Å². The zero-order valence-electron chi connectivity index (χ0n) is 27.5. The lowest BCUT2D eigenvalue weighted by molar-refractivity contribution is -0.143. The van der Waals surface area contributed by atoms with E-state index >= 15 is 0 Å². The monoisotopic (exact) mass is 908 g/mol. The summed E-state index contributed by atoms with van der Waals surface area (Å²) in [6, 6.07) is 16.4. The van der Waals surface area contributed by atoms with Crippen LogP contribution in [0, 0.1) is 14.1 Å². The van der Waals surface area contributed by atoms with Crippen LogP contribution in [0.3, 0.4) is 0 Å². The largest absolute Gasteiger partial charge is 0.490 e. The van der Waals surface area contributed by atoms with Crippen molar-refractivity contribution in [3.05, 3.63) is 115 Å². The summed E-state index contributed by atoms with van der Waals surface area (Å²) < 4.78 is 31.6. The number of thiazole rings is 1. The first-order valence-electron chi connectivity index (χ1n) is 15.4. The Labute approximate surface area is 314 Å². The van der Waals surface area contributed by atoms with Crippen molar-refractivity contribution in [3.63, 3.8) is 0 Å². The van der Waals surface area contributed by atoms with E-state index in [1.807, 2.05) is 25.1 Å². The molecule has 0 unspecified atom stereocenters. The third-order valence-corrected chi connectivity index (χ3v) is 10.1. The number of halogens is 2. The Hall–Kier alpha value is -3.70. The van der Waals surface area contributed by atoms with Gasteiger partial charge in [0.25, 0.3) is 5.56 Å². The Kier molecular flexibility index (Phi) is 12.2. The van der Waals surface area contributed by atoms with E-state index in [1.165, 1.54) is 28.6 Å². The topological polar surface area (TPSA) is 115 Å². The van der Waals surface area contributed by atoms with Crippen LogP contribution in [0.2, 0.25) is 0 Å². The fourth-order valence-corrected chi connectivity index (χ4v) is 8.35. The van der Waals surface area contributed by atoms with E-state index in [-0.39, 0.29) is 24.3 Å². The summed E-state index contributed by atoms with van der Waals surface area (Å²) >= 11 is 5.74. The predicted molar refractivity (Wildman–Crippen MR) is 203 cm³/mol. The summed E-state index contributed by atoms with van der Waals surface area (Å²) in [5.41, 5.74) is 4.05. The predicted octanol–water partition coefficient (Wildman–Crippen LogP) is 5.85. The van der Waals surface area contributed by atoms with Gasteiger partial charge in [-0.1, -0.05) is 47.2 Å². The van der Waals surface area contributed by atoms with Crippen LogP contribution in [0.25, 0.3) is 6.08 Å². The van der Waals surface area contributed by atoms with Gasteiger partial charge in [-0.25, -0.2) is 14.6 Å². The standard InChI is InChI=1S/C36H34I2N2O8S/c1-6-45-28-17-24(12-13-27(28)47-19-30(41)44-5)32-31(35(43)46-7-2)21(4)39-36-40(32)34(42)29(49-36)16-23-14-25(37)33(26(38)15-23)48-18-22-10-8-20(3)9-11-22/h8-17,32H,6-7,18-19H2,1-5H3/b29-16-/t32-/m0/s1. The highest BCUT2D eigenvalue weighted by molar-refractivity contribution is 14.1. The molecule has 1 atom stereocenters. The molecule has 0 radical (unpaired) electrons. The molecule has 2 heterocycles. The summed E-state index contributed by atoms with van der Waals surface area (Å²) in [6.07, 6.45) is 1.83. The number of allylic oxidation sites excluding steroid dienone is 1. The van der Waals surface area contributed by atoms with Crippen LogP contribution in [-0.2, 0) is 25.7 Å². The Balaban J connectivity index is 1.56. The summed E-state index contributed by atoms with van der Waals surface area (Å²) in [6.45, 7) is 7.92. The first-order valence-corrected chi connectivity index (χ1v) is 18.3. The van der Waals surface area contributed by atoms with Gasteiger partial charge < -0.3 is 23.7 Å². The molecule has 0 spiro atoms. The molecule has 0 amide bonds. The number of hydrogen-bond acceptors (Lipinski definition) is 10. The van der Waals surface area contributed by atoms with Gasteiger partial charge >= 0.3 is 11.9 Å². The number of ether oxygens (including phenoxy) is 5. The maximum Gasteiger partial charge on any atom is 0.343 e. The number of hydrogen-bond donors (Lipinski definition) is 0. The van der Waals surface area contributed by atoms with Gasteiger partial charge in [-0.15, -0.1) is 0 Å². The smallest absolute Gasteiger partial charge is 0.343 e. The zero-order valence-corrected chi connectivity index (χ0v) is 32.6. The van der Waals surface area contributed by atoms with E-state index in [0.717, 1.165) is 24.0 Å². The second-order valence-corrected chi connectivity index (χ2v) is 14.2. The van der Waals surface area contributed by atoms with Crippen LogP contribution in [0.1, 0.15) is 49.1 Å². The number of carbonyl (C=O) groups excluding carboxylic acids is 2. The number of benzene rings is 3. The average molecular weight is 909 g/mol. The van der Waals surface area contributed by atoms with Crippen LogP contribution in [0.4, 0.5) is 0 Å². The van der Waals surface area contributed by atoms with Crippen LogP contribution >= 0.6 is 56.5 Å². The Morgan fingerprint density at radius 3 is 2.31 bits per heavy atom. The lowest BCUT2D eigenvalue weighted by atomic mass is 9.95. The molecular formula is C36H34I2N2O8S. The average Bonchev–Trinajstić information content (AvgIpc) is 3.37. The first-order chi connectivity index (χ1) is 23.5. The molecule has 1 aromatic heterocycles. The molecule has 10 nitrogen and oxygen atoms in total. The van der Waals surface area contributed by atoms with Crippen molar-refractivity contribution in [1.82, 2.24) is 4.57 Å². The molecule has 4 aromatic rings. The molecular weight excluding hydrogens is 874 g/mol. The van der Waals surface area contributed by atoms with Crippen molar-refractivity contribution in [2.75, 3.05) is 26.9 Å². The molecule has 5 rings (SSSR count). The first kappa shape index (κ1) is 36.6. The highest BCUT2D eigenvalue weighted by Gasteiger charge is 2.34. The van der Waals surface area contributed by atoms with Crippen molar-refractivity contribution < 1.29 is 33.3 Å². The fraction of sp³-hybridized carbons (Fsp3) is 0.278. The maximum absolute atomic E-state index is 14.2. The number of fused-ring (bicyclic) bond motifs is 1. The van der Waals surface area contributed by atoms with Gasteiger partial charge in [0, 0.05) is 0 Å². The molecule has 0 saturated carbocycles. The SMILES string of the molecule is CCOC(=O)C1=C(C)N=c2s/c(=C\c3cc(I)c(OCc4ccc(C)cc4)c(I)c3)c(=O)n2[C@H]1c1ccc(OCC(=O)OC)c(OCC)c1. The third kappa shape index (κ3) is 8.37. The summed E-state index contributed by atoms with van der Waals surface area (Å²) in [5, 5.41) is 0. The van der Waals surface area contributed by atoms with Gasteiger partial charge in [0.2, 0.25) is 0 Å². The zero-order chi connectivity index (χ0) is 35.2. The van der Waals surface area contributed by atoms with Crippen LogP contribution in [0.5, 0.6) is 17.2 Å². The molecule has 256 valence electrons. The second-order valence-electron chi connectivity index (χ2n) is 10.9. The quantitative estimate of drug-likeness (QED) is 0.129. The lowest BCUT2D eigenvalue weighted by Gasteiger charge is -2.25. The Morgan fingerprint density at radius 2 is 1.65 bits per heavy atom. The van der Waals surface area contributed by atoms with Gasteiger partial charge in [-0.05, 0) is 120 Å². The molecule has 0 fully saturated rings. The Bertz CT molecular complexity index is 2080. The van der Waals surface area contributed by atoms with Gasteiger partial charge in [0.1, 0.15) is 12.4 Å². The normalized spacial score (nSPS) is 14.2. The second kappa shape index (κ2) is 16.3. The van der Waals surface area contributed by atoms with Crippen LogP contribution < -0.4 is 29.1 Å². The molecule has 0 bridgehead atoms. The molecule has 0 aliphatic carbocycles. The molecule has 1 aliphatic rings. The van der Waals surface area contributed by atoms with Gasteiger partial charge in [0.05, 0.1) is 49.3 Å². The summed E-state index contributed by atoms with van der Waals surface area (Å²) in [4.78, 5) is 44.5. The van der Waals surface area contributed by atoms with Gasteiger partial charge in [0.15, 0.2) is 22.9 Å². The highest BCUT2D eigenvalue weighted by atomic mass is 127. The van der Waals surface area contributed by atoms with Gasteiger partial charge in [-0.3, -0.25) is 9.36 Å². The number of methoxy groups -OCH3 is 1. The lowest BCUT2D eigenvalue weighted by Crippen LogP contribution is -2.40. The van der Waals surface area contributed by atoms with Gasteiger partial charge in [-0.2, -0.15) is 0 Å². The van der Waals surface area contributed by atoms with E-state index in [1.54, 1.807) is 32.0 Å². The number of aromatic nitrogens is 1. The van der Waals surface area contributed by atoms with Crippen molar-refractivity contribution in [2.45, 2.75) is 40.3 Å². The molecule has 0 N–H and O–H groups in total. The molecule has 49 heavy (non-hydrogen) atoms. The van der Waals surface area contributed by atoms with E-state index < -0.39 is 18.0 Å². The van der Waals surface area contributed by atoms with E-state index in [9.17, 15) is 14.4 Å². The molecule has 13 heteroatoms. The summed E-state index contributed by atoms with van der Waals surface area (Å²) in [5.74, 6) is 0.321. The van der Waals surface area contributed by atoms with E-state index in [0.29, 0.717) is 45.3 Å².